The lowest BCUT2D eigenvalue weighted by Crippen LogP contribution is -2.45. The summed E-state index contributed by atoms with van der Waals surface area (Å²) in [5, 5.41) is 0. The van der Waals surface area contributed by atoms with Crippen LogP contribution in [0.2, 0.25) is 0 Å². The first kappa shape index (κ1) is 10.4. The van der Waals surface area contributed by atoms with Gasteiger partial charge in [-0.15, -0.1) is 0 Å². The molecule has 0 aromatic carbocycles. The molecule has 1 aliphatic rings. The van der Waals surface area contributed by atoms with Gasteiger partial charge in [-0.2, -0.15) is 0 Å². The Morgan fingerprint density at radius 2 is 2.00 bits per heavy atom. The van der Waals surface area contributed by atoms with Gasteiger partial charge in [0, 0.05) is 12.1 Å². The molecule has 3 nitrogen and oxygen atoms in total. The minimum atomic E-state index is -0.196. The minimum absolute atomic E-state index is 0.0417. The van der Waals surface area contributed by atoms with Crippen LogP contribution in [-0.2, 0) is 0 Å². The van der Waals surface area contributed by atoms with Crippen molar-refractivity contribution in [2.75, 3.05) is 13.1 Å². The summed E-state index contributed by atoms with van der Waals surface area (Å²) in [6, 6.07) is 0.0417. The van der Waals surface area contributed by atoms with Crippen LogP contribution >= 0.6 is 12.2 Å². The molecular formula is C9H16N2OS. The molecule has 74 valence electrons. The van der Waals surface area contributed by atoms with Crippen LogP contribution in [0, 0.1) is 0 Å². The molecule has 1 aliphatic heterocycles. The number of thiocarbonyl (C=S) groups is 1. The summed E-state index contributed by atoms with van der Waals surface area (Å²) in [6.07, 6.45) is 0. The second kappa shape index (κ2) is 3.25. The summed E-state index contributed by atoms with van der Waals surface area (Å²) in [6.45, 7) is 9.28. The summed E-state index contributed by atoms with van der Waals surface area (Å²) in [7, 11) is 0. The average Bonchev–Trinajstić information content (AvgIpc) is 2.24. The minimum Gasteiger partial charge on any atom is -0.318 e. The fourth-order valence-corrected chi connectivity index (χ4v) is 1.97. The highest BCUT2D eigenvalue weighted by molar-refractivity contribution is 7.80. The standard InChI is InChI=1S/C9H16N2OS/c1-5-10-6-7(13)11(8(10)12)9(2,3)4/h5-6H2,1-4H3. The topological polar surface area (TPSA) is 23.6 Å². The first-order valence-corrected chi connectivity index (χ1v) is 4.90. The third-order valence-electron chi connectivity index (χ3n) is 2.09. The van der Waals surface area contributed by atoms with E-state index in [2.05, 4.69) is 0 Å². The molecule has 0 N–H and O–H groups in total. The molecule has 1 saturated heterocycles. The molecule has 0 bridgehead atoms. The highest BCUT2D eigenvalue weighted by Gasteiger charge is 2.38. The predicted molar refractivity (Wildman–Crippen MR) is 56.8 cm³/mol. The second-order valence-electron chi connectivity index (χ2n) is 4.20. The van der Waals surface area contributed by atoms with Crippen molar-refractivity contribution in [1.29, 1.82) is 0 Å². The van der Waals surface area contributed by atoms with Gasteiger partial charge < -0.3 is 4.90 Å². The molecule has 2 amide bonds. The van der Waals surface area contributed by atoms with E-state index in [0.717, 1.165) is 11.5 Å². The van der Waals surface area contributed by atoms with Crippen LogP contribution in [0.3, 0.4) is 0 Å². The van der Waals surface area contributed by atoms with Gasteiger partial charge in [0.25, 0.3) is 0 Å². The van der Waals surface area contributed by atoms with Gasteiger partial charge in [0.2, 0.25) is 0 Å². The number of hydrogen-bond acceptors (Lipinski definition) is 2. The molecule has 0 unspecified atom stereocenters. The third kappa shape index (κ3) is 1.82. The van der Waals surface area contributed by atoms with Crippen molar-refractivity contribution >= 4 is 23.2 Å². The molecule has 0 saturated carbocycles. The summed E-state index contributed by atoms with van der Waals surface area (Å²) >= 11 is 5.17. The Balaban J connectivity index is 2.89. The van der Waals surface area contributed by atoms with Gasteiger partial charge in [0.15, 0.2) is 0 Å². The van der Waals surface area contributed by atoms with E-state index in [9.17, 15) is 4.79 Å². The maximum absolute atomic E-state index is 11.8. The summed E-state index contributed by atoms with van der Waals surface area (Å²) < 4.78 is 0. The molecule has 0 aromatic heterocycles. The van der Waals surface area contributed by atoms with Crippen molar-refractivity contribution < 1.29 is 4.79 Å². The maximum Gasteiger partial charge on any atom is 0.325 e. The van der Waals surface area contributed by atoms with Crippen LogP contribution < -0.4 is 0 Å². The van der Waals surface area contributed by atoms with Crippen molar-refractivity contribution in [2.45, 2.75) is 33.2 Å². The van der Waals surface area contributed by atoms with E-state index in [-0.39, 0.29) is 11.6 Å². The Labute approximate surface area is 84.7 Å². The number of carbonyl (C=O) groups is 1. The van der Waals surface area contributed by atoms with E-state index in [1.807, 2.05) is 27.7 Å². The molecule has 0 atom stereocenters. The van der Waals surface area contributed by atoms with E-state index < -0.39 is 0 Å². The maximum atomic E-state index is 11.8. The Morgan fingerprint density at radius 1 is 1.46 bits per heavy atom. The van der Waals surface area contributed by atoms with Crippen LogP contribution in [0.25, 0.3) is 0 Å². The van der Waals surface area contributed by atoms with Crippen molar-refractivity contribution in [2.24, 2.45) is 0 Å². The first-order valence-electron chi connectivity index (χ1n) is 4.50. The molecule has 0 spiro atoms. The molecule has 4 heteroatoms. The summed E-state index contributed by atoms with van der Waals surface area (Å²) in [5.41, 5.74) is -0.196. The highest BCUT2D eigenvalue weighted by atomic mass is 32.1. The van der Waals surface area contributed by atoms with Gasteiger partial charge in [0.1, 0.15) is 4.99 Å². The Kier molecular flexibility index (Phi) is 2.61. The number of rotatable bonds is 1. The number of likely N-dealkylation sites (N-methyl/N-ethyl adjacent to an activating group) is 1. The molecule has 0 aliphatic carbocycles. The van der Waals surface area contributed by atoms with Gasteiger partial charge in [-0.25, -0.2) is 4.79 Å². The van der Waals surface area contributed by atoms with Crippen molar-refractivity contribution in [3.05, 3.63) is 0 Å². The van der Waals surface area contributed by atoms with Crippen LogP contribution in [0.4, 0.5) is 4.79 Å². The first-order chi connectivity index (χ1) is 5.88. The van der Waals surface area contributed by atoms with Gasteiger partial charge in [-0.05, 0) is 27.7 Å². The highest BCUT2D eigenvalue weighted by Crippen LogP contribution is 2.22. The molecule has 13 heavy (non-hydrogen) atoms. The van der Waals surface area contributed by atoms with Crippen LogP contribution in [0.5, 0.6) is 0 Å². The lowest BCUT2D eigenvalue weighted by Gasteiger charge is -2.30. The van der Waals surface area contributed by atoms with Crippen LogP contribution in [0.1, 0.15) is 27.7 Å². The average molecular weight is 200 g/mol. The van der Waals surface area contributed by atoms with Gasteiger partial charge in [0.05, 0.1) is 6.54 Å². The fourth-order valence-electron chi connectivity index (χ4n) is 1.46. The second-order valence-corrected chi connectivity index (χ2v) is 4.67. The zero-order valence-electron chi connectivity index (χ0n) is 8.63. The molecular weight excluding hydrogens is 184 g/mol. The summed E-state index contributed by atoms with van der Waals surface area (Å²) in [4.78, 5) is 16.0. The van der Waals surface area contributed by atoms with E-state index in [1.54, 1.807) is 9.80 Å². The smallest absolute Gasteiger partial charge is 0.318 e. The number of amides is 2. The largest absolute Gasteiger partial charge is 0.325 e. The third-order valence-corrected chi connectivity index (χ3v) is 2.40. The normalized spacial score (nSPS) is 18.8. The molecule has 1 heterocycles. The quantitative estimate of drug-likeness (QED) is 0.603. The zero-order valence-corrected chi connectivity index (χ0v) is 9.44. The lowest BCUT2D eigenvalue weighted by atomic mass is 10.1. The van der Waals surface area contributed by atoms with E-state index in [1.165, 1.54) is 0 Å². The fraction of sp³-hybridized carbons (Fsp3) is 0.778. The predicted octanol–water partition coefficient (Wildman–Crippen LogP) is 1.87. The van der Waals surface area contributed by atoms with Crippen LogP contribution in [-0.4, -0.2) is 39.4 Å². The lowest BCUT2D eigenvalue weighted by molar-refractivity contribution is 0.175. The van der Waals surface area contributed by atoms with Gasteiger partial charge >= 0.3 is 6.03 Å². The zero-order chi connectivity index (χ0) is 10.2. The summed E-state index contributed by atoms with van der Waals surface area (Å²) in [5.74, 6) is 0. The van der Waals surface area contributed by atoms with Crippen molar-refractivity contribution in [3.63, 3.8) is 0 Å². The number of nitrogens with zero attached hydrogens (tertiary/aromatic N) is 2. The Bertz CT molecular complexity index is 244. The van der Waals surface area contributed by atoms with E-state index in [0.29, 0.717) is 6.54 Å². The van der Waals surface area contributed by atoms with Gasteiger partial charge in [-0.3, -0.25) is 4.90 Å². The Hall–Kier alpha value is -0.640. The van der Waals surface area contributed by atoms with E-state index in [4.69, 9.17) is 12.2 Å². The van der Waals surface area contributed by atoms with Gasteiger partial charge in [-0.1, -0.05) is 12.2 Å². The monoisotopic (exact) mass is 200 g/mol. The molecule has 1 fully saturated rings. The molecule has 0 aromatic rings. The van der Waals surface area contributed by atoms with E-state index >= 15 is 0 Å². The molecule has 0 radical (unpaired) electrons. The molecule has 1 rings (SSSR count). The number of hydrogen-bond donors (Lipinski definition) is 0. The van der Waals surface area contributed by atoms with Crippen LogP contribution in [0.15, 0.2) is 0 Å². The Morgan fingerprint density at radius 3 is 2.23 bits per heavy atom. The SMILES string of the molecule is CCN1CC(=S)N(C(C)(C)C)C1=O. The van der Waals surface area contributed by atoms with Crippen molar-refractivity contribution in [1.82, 2.24) is 9.80 Å². The number of carbonyl (C=O) groups excluding carboxylic acids is 1. The van der Waals surface area contributed by atoms with Crippen molar-refractivity contribution in [3.8, 4) is 0 Å². The number of urea groups is 1.